The van der Waals surface area contributed by atoms with Crippen molar-refractivity contribution in [3.63, 3.8) is 0 Å². The number of rotatable bonds is 4. The molecule has 2 saturated heterocycles. The van der Waals surface area contributed by atoms with Crippen LogP contribution in [0.4, 0.5) is 0 Å². The maximum absolute atomic E-state index is 6.07. The molecule has 3 nitrogen and oxygen atoms in total. The molecule has 0 atom stereocenters. The standard InChI is InChI=1S/C11H22IO3PS2Te/c1-3-4-11(2)9-14-16(17,15-10-11)18-19(12)7-5-13-6-8-19/h3-10H2,1-2H3. The molecule has 0 aromatic rings. The van der Waals surface area contributed by atoms with Crippen LogP contribution in [0.5, 0.6) is 0 Å². The van der Waals surface area contributed by atoms with Gasteiger partial charge in [0, 0.05) is 0 Å². The van der Waals surface area contributed by atoms with Crippen molar-refractivity contribution in [1.82, 2.24) is 0 Å². The Kier molecular flexibility index (Phi) is 6.96. The molecule has 0 aromatic carbocycles. The molecule has 2 rings (SSSR count). The zero-order valence-corrected chi connectivity index (χ0v) is 18.4. The van der Waals surface area contributed by atoms with E-state index >= 15 is 0 Å². The van der Waals surface area contributed by atoms with Gasteiger partial charge in [-0.25, -0.2) is 0 Å². The van der Waals surface area contributed by atoms with Crippen molar-refractivity contribution < 1.29 is 13.8 Å². The molecule has 2 heterocycles. The van der Waals surface area contributed by atoms with Crippen LogP contribution in [0.1, 0.15) is 26.7 Å². The molecule has 0 aromatic heterocycles. The second kappa shape index (κ2) is 7.40. The molecule has 0 amide bonds. The molecule has 0 N–H and O–H groups in total. The predicted octanol–water partition coefficient (Wildman–Crippen LogP) is 4.70. The maximum atomic E-state index is 6.07. The summed E-state index contributed by atoms with van der Waals surface area (Å²) in [4.78, 5) is 0. The van der Waals surface area contributed by atoms with E-state index in [2.05, 4.69) is 32.5 Å². The van der Waals surface area contributed by atoms with Crippen LogP contribution in [0.3, 0.4) is 0 Å². The first-order chi connectivity index (χ1) is 8.89. The van der Waals surface area contributed by atoms with Crippen molar-refractivity contribution in [2.75, 3.05) is 26.4 Å². The van der Waals surface area contributed by atoms with Gasteiger partial charge in [-0.2, -0.15) is 0 Å². The third kappa shape index (κ3) is 5.28. The monoisotopic (exact) mass is 554 g/mol. The average molecular weight is 552 g/mol. The fraction of sp³-hybridized carbons (Fsp3) is 1.00. The third-order valence-electron chi connectivity index (χ3n) is 3.29. The van der Waals surface area contributed by atoms with Crippen molar-refractivity contribution in [3.05, 3.63) is 0 Å². The van der Waals surface area contributed by atoms with Gasteiger partial charge in [0.25, 0.3) is 0 Å². The first kappa shape index (κ1) is 17.9. The Hall–Kier alpha value is 2.53. The molecule has 0 saturated carbocycles. The van der Waals surface area contributed by atoms with Gasteiger partial charge in [0.05, 0.1) is 0 Å². The van der Waals surface area contributed by atoms with E-state index < -0.39 is 19.0 Å². The fourth-order valence-corrected chi connectivity index (χ4v) is 52.9. The summed E-state index contributed by atoms with van der Waals surface area (Å²) in [6.45, 7) is 7.81. The van der Waals surface area contributed by atoms with Gasteiger partial charge in [-0.15, -0.1) is 0 Å². The van der Waals surface area contributed by atoms with Crippen molar-refractivity contribution in [1.29, 1.82) is 0 Å². The zero-order valence-electron chi connectivity index (χ0n) is 11.4. The van der Waals surface area contributed by atoms with E-state index in [-0.39, 0.29) is 5.41 Å². The van der Waals surface area contributed by atoms with E-state index in [1.54, 1.807) is 0 Å². The quantitative estimate of drug-likeness (QED) is 0.219. The SMILES string of the molecule is CCCC1(C)CO[P+]([S-])(S[Te]2(I)CCOCC2)OC1. The minimum atomic E-state index is -2.08. The zero-order chi connectivity index (χ0) is 14.0. The number of ether oxygens (including phenoxy) is 1. The van der Waals surface area contributed by atoms with Gasteiger partial charge in [0.2, 0.25) is 0 Å². The summed E-state index contributed by atoms with van der Waals surface area (Å²) >= 11 is 6.46. The first-order valence-corrected chi connectivity index (χ1v) is 23.5. The van der Waals surface area contributed by atoms with Gasteiger partial charge in [-0.05, 0) is 0 Å². The number of halogens is 1. The Morgan fingerprint density at radius 1 is 1.32 bits per heavy atom. The summed E-state index contributed by atoms with van der Waals surface area (Å²) in [5, 5.41) is 0. The first-order valence-electron chi connectivity index (χ1n) is 6.55. The molecular formula is C11H22IO3PS2Te. The van der Waals surface area contributed by atoms with E-state index in [1.807, 2.05) is 8.61 Å². The second-order valence-electron chi connectivity index (χ2n) is 5.37. The van der Waals surface area contributed by atoms with E-state index in [4.69, 9.17) is 26.0 Å². The average Bonchev–Trinajstić information content (AvgIpc) is 2.35. The Balaban J connectivity index is 1.90. The van der Waals surface area contributed by atoms with E-state index in [0.29, 0.717) is 0 Å². The predicted molar refractivity (Wildman–Crippen MR) is 97.0 cm³/mol. The Morgan fingerprint density at radius 2 is 1.89 bits per heavy atom. The number of hydrogen-bond donors (Lipinski definition) is 0. The molecule has 0 radical (unpaired) electrons. The minimum absolute atomic E-state index is 0.166. The molecule has 0 bridgehead atoms. The third-order valence-corrected chi connectivity index (χ3v) is 44.8. The Bertz CT molecular complexity index is 310. The molecule has 114 valence electrons. The summed E-state index contributed by atoms with van der Waals surface area (Å²) in [6, 6.07) is 0. The van der Waals surface area contributed by atoms with Crippen molar-refractivity contribution in [2.24, 2.45) is 5.41 Å². The summed E-state index contributed by atoms with van der Waals surface area (Å²) < 4.78 is 20.0. The van der Waals surface area contributed by atoms with E-state index in [9.17, 15) is 0 Å². The van der Waals surface area contributed by atoms with Gasteiger partial charge < -0.3 is 0 Å². The van der Waals surface area contributed by atoms with Crippen LogP contribution in [0, 0.1) is 5.41 Å². The molecule has 0 aliphatic carbocycles. The summed E-state index contributed by atoms with van der Waals surface area (Å²) in [5.74, 6) is 0. The van der Waals surface area contributed by atoms with Crippen LogP contribution in [0.15, 0.2) is 0 Å². The van der Waals surface area contributed by atoms with Crippen LogP contribution in [0.2, 0.25) is 8.94 Å². The fourth-order valence-electron chi connectivity index (χ4n) is 2.15. The van der Waals surface area contributed by atoms with Crippen LogP contribution in [-0.2, 0) is 26.0 Å². The van der Waals surface area contributed by atoms with Gasteiger partial charge in [-0.3, -0.25) is 0 Å². The molecule has 2 aliphatic heterocycles. The number of hydrogen-bond acceptors (Lipinski definition) is 5. The normalized spacial score (nSPS) is 40.8. The summed E-state index contributed by atoms with van der Waals surface area (Å²) in [6.07, 6.45) is 0.243. The van der Waals surface area contributed by atoms with Crippen LogP contribution >= 0.6 is 33.4 Å². The van der Waals surface area contributed by atoms with Crippen molar-refractivity contribution in [3.8, 4) is 0 Å². The van der Waals surface area contributed by atoms with Crippen molar-refractivity contribution in [2.45, 2.75) is 35.6 Å². The molecular weight excluding hydrogens is 530 g/mol. The van der Waals surface area contributed by atoms with Gasteiger partial charge >= 0.3 is 140 Å². The molecule has 19 heavy (non-hydrogen) atoms. The molecule has 0 unspecified atom stereocenters. The summed E-state index contributed by atoms with van der Waals surface area (Å²) in [5.41, 5.74) is 0.166. The molecule has 8 heteroatoms. The van der Waals surface area contributed by atoms with E-state index in [0.717, 1.165) is 32.8 Å². The van der Waals surface area contributed by atoms with Gasteiger partial charge in [-0.1, -0.05) is 0 Å². The van der Waals surface area contributed by atoms with Crippen LogP contribution in [0.25, 0.3) is 0 Å². The second-order valence-corrected chi connectivity index (χ2v) is 40.8. The van der Waals surface area contributed by atoms with Crippen LogP contribution in [-0.4, -0.2) is 39.3 Å². The Morgan fingerprint density at radius 3 is 2.42 bits per heavy atom. The van der Waals surface area contributed by atoms with Crippen molar-refractivity contribution >= 4 is 58.5 Å². The molecule has 0 spiro atoms. The van der Waals surface area contributed by atoms with Gasteiger partial charge in [0.15, 0.2) is 0 Å². The van der Waals surface area contributed by atoms with Crippen LogP contribution < -0.4 is 0 Å². The topological polar surface area (TPSA) is 27.7 Å². The Labute approximate surface area is 138 Å². The molecule has 2 aliphatic rings. The van der Waals surface area contributed by atoms with Gasteiger partial charge in [0.1, 0.15) is 0 Å². The summed E-state index contributed by atoms with van der Waals surface area (Å²) in [7, 11) is 1.94. The van der Waals surface area contributed by atoms with E-state index in [1.165, 1.54) is 15.4 Å². The molecule has 2 fully saturated rings.